The van der Waals surface area contributed by atoms with Crippen LogP contribution in [-0.4, -0.2) is 26.4 Å². The van der Waals surface area contributed by atoms with Gasteiger partial charge in [-0.25, -0.2) is 0 Å². The molecular weight excluding hydrogens is 248 g/mol. The van der Waals surface area contributed by atoms with E-state index in [1.54, 1.807) is 0 Å². The number of halogens is 1. The molecule has 0 atom stereocenters. The van der Waals surface area contributed by atoms with Gasteiger partial charge in [0.1, 0.15) is 5.82 Å². The molecule has 0 bridgehead atoms. The lowest BCUT2D eigenvalue weighted by Gasteiger charge is -2.01. The third-order valence-electron chi connectivity index (χ3n) is 1.88. The minimum Gasteiger partial charge on any atom is -0.370 e. The van der Waals surface area contributed by atoms with E-state index in [1.807, 2.05) is 11.6 Å². The van der Waals surface area contributed by atoms with E-state index in [9.17, 15) is 4.79 Å². The number of rotatable bonds is 6. The van der Waals surface area contributed by atoms with Gasteiger partial charge in [-0.2, -0.15) is 0 Å². The molecule has 0 saturated heterocycles. The van der Waals surface area contributed by atoms with Crippen LogP contribution >= 0.6 is 23.4 Å². The number of primary amides is 1. The van der Waals surface area contributed by atoms with Crippen molar-refractivity contribution in [2.75, 3.05) is 5.75 Å². The number of carbonyl (C=O) groups excluding carboxylic acids is 1. The molecule has 5 nitrogen and oxygen atoms in total. The Morgan fingerprint density at radius 3 is 2.88 bits per heavy atom. The van der Waals surface area contributed by atoms with E-state index in [4.69, 9.17) is 17.3 Å². The van der Waals surface area contributed by atoms with E-state index in [2.05, 4.69) is 16.8 Å². The van der Waals surface area contributed by atoms with E-state index >= 15 is 0 Å². The summed E-state index contributed by atoms with van der Waals surface area (Å²) < 4.78 is 1.83. The van der Waals surface area contributed by atoms with Crippen LogP contribution < -0.4 is 5.73 Å². The van der Waals surface area contributed by atoms with Crippen LogP contribution in [0.15, 0.2) is 16.8 Å². The van der Waals surface area contributed by atoms with Crippen LogP contribution in [0.1, 0.15) is 12.2 Å². The van der Waals surface area contributed by atoms with Crippen LogP contribution in [0.3, 0.4) is 0 Å². The predicted octanol–water partition coefficient (Wildman–Crippen LogP) is 1.08. The van der Waals surface area contributed by atoms with Gasteiger partial charge < -0.3 is 10.3 Å². The lowest BCUT2D eigenvalue weighted by atomic mass is 10.3. The standard InChI is InChI=1S/C9H13ClN4OS/c1-6(10)5-16-9-13-12-8(14(9)2)4-3-7(11)15/h1,3-5H2,2H3,(H2,11,15). The van der Waals surface area contributed by atoms with Gasteiger partial charge in [-0.15, -0.1) is 10.2 Å². The van der Waals surface area contributed by atoms with Gasteiger partial charge in [-0.1, -0.05) is 29.9 Å². The minimum atomic E-state index is -0.341. The first kappa shape index (κ1) is 13.1. The fourth-order valence-corrected chi connectivity index (χ4v) is 1.91. The van der Waals surface area contributed by atoms with E-state index in [1.165, 1.54) is 11.8 Å². The maximum atomic E-state index is 10.6. The molecule has 88 valence electrons. The smallest absolute Gasteiger partial charge is 0.217 e. The fourth-order valence-electron chi connectivity index (χ4n) is 1.07. The van der Waals surface area contributed by atoms with Gasteiger partial charge in [0.2, 0.25) is 5.91 Å². The second kappa shape index (κ2) is 5.91. The van der Waals surface area contributed by atoms with Crippen molar-refractivity contribution < 1.29 is 4.79 Å². The lowest BCUT2D eigenvalue weighted by Crippen LogP contribution is -2.12. The molecule has 0 unspecified atom stereocenters. The number of amides is 1. The van der Waals surface area contributed by atoms with Crippen molar-refractivity contribution in [3.8, 4) is 0 Å². The molecule has 0 fully saturated rings. The molecule has 0 saturated carbocycles. The Balaban J connectivity index is 2.61. The molecule has 1 amide bonds. The molecule has 16 heavy (non-hydrogen) atoms. The van der Waals surface area contributed by atoms with Crippen LogP contribution in [-0.2, 0) is 18.3 Å². The first-order valence-electron chi connectivity index (χ1n) is 4.63. The third-order valence-corrected chi connectivity index (χ3v) is 3.28. The van der Waals surface area contributed by atoms with E-state index < -0.39 is 0 Å². The summed E-state index contributed by atoms with van der Waals surface area (Å²) in [6, 6.07) is 0. The lowest BCUT2D eigenvalue weighted by molar-refractivity contribution is -0.118. The third kappa shape index (κ3) is 3.86. The Hall–Kier alpha value is -1.01. The topological polar surface area (TPSA) is 73.8 Å². The first-order chi connectivity index (χ1) is 7.50. The molecule has 0 aliphatic carbocycles. The highest BCUT2D eigenvalue weighted by atomic mass is 35.5. The number of thioether (sulfide) groups is 1. The maximum absolute atomic E-state index is 10.6. The van der Waals surface area contributed by atoms with E-state index in [0.717, 1.165) is 11.0 Å². The van der Waals surface area contributed by atoms with Gasteiger partial charge in [-0.3, -0.25) is 4.79 Å². The van der Waals surface area contributed by atoms with E-state index in [-0.39, 0.29) is 12.3 Å². The van der Waals surface area contributed by atoms with Crippen LogP contribution in [0.5, 0.6) is 0 Å². The molecule has 0 aromatic carbocycles. The number of hydrogen-bond acceptors (Lipinski definition) is 4. The maximum Gasteiger partial charge on any atom is 0.217 e. The largest absolute Gasteiger partial charge is 0.370 e. The van der Waals surface area contributed by atoms with Gasteiger partial charge >= 0.3 is 0 Å². The highest BCUT2D eigenvalue weighted by Crippen LogP contribution is 2.19. The number of nitrogens with two attached hydrogens (primary N) is 1. The van der Waals surface area contributed by atoms with Crippen molar-refractivity contribution in [1.29, 1.82) is 0 Å². The summed E-state index contributed by atoms with van der Waals surface area (Å²) in [5.41, 5.74) is 5.06. The van der Waals surface area contributed by atoms with Gasteiger partial charge in [0.25, 0.3) is 0 Å². The fraction of sp³-hybridized carbons (Fsp3) is 0.444. The Labute approximate surface area is 103 Å². The van der Waals surface area contributed by atoms with Crippen LogP contribution in [0.2, 0.25) is 0 Å². The van der Waals surface area contributed by atoms with E-state index in [0.29, 0.717) is 17.2 Å². The van der Waals surface area contributed by atoms with Crippen molar-refractivity contribution in [2.45, 2.75) is 18.0 Å². The monoisotopic (exact) mass is 260 g/mol. The summed E-state index contributed by atoms with van der Waals surface area (Å²) in [7, 11) is 1.84. The zero-order valence-corrected chi connectivity index (χ0v) is 10.5. The minimum absolute atomic E-state index is 0.277. The van der Waals surface area contributed by atoms with Crippen molar-refractivity contribution in [1.82, 2.24) is 14.8 Å². The predicted molar refractivity (Wildman–Crippen MR) is 64.2 cm³/mol. The Kier molecular flexibility index (Phi) is 4.82. The summed E-state index contributed by atoms with van der Waals surface area (Å²) in [6.45, 7) is 3.59. The molecule has 1 heterocycles. The molecule has 1 rings (SSSR count). The molecule has 7 heteroatoms. The Morgan fingerprint density at radius 2 is 2.31 bits per heavy atom. The molecule has 0 aliphatic rings. The Bertz CT molecular complexity index is 369. The summed E-state index contributed by atoms with van der Waals surface area (Å²) in [5, 5.41) is 9.28. The second-order valence-electron chi connectivity index (χ2n) is 3.23. The zero-order chi connectivity index (χ0) is 12.1. The molecular formula is C9H13ClN4OS. The number of aryl methyl sites for hydroxylation is 1. The summed E-state index contributed by atoms with van der Waals surface area (Å²) in [5.74, 6) is 0.983. The van der Waals surface area contributed by atoms with Gasteiger partial charge in [0.05, 0.1) is 0 Å². The summed E-state index contributed by atoms with van der Waals surface area (Å²) in [6.07, 6.45) is 0.778. The van der Waals surface area contributed by atoms with Gasteiger partial charge in [0, 0.05) is 30.7 Å². The average molecular weight is 261 g/mol. The second-order valence-corrected chi connectivity index (χ2v) is 4.71. The van der Waals surface area contributed by atoms with Crippen molar-refractivity contribution >= 4 is 29.3 Å². The van der Waals surface area contributed by atoms with Crippen molar-refractivity contribution in [3.63, 3.8) is 0 Å². The highest BCUT2D eigenvalue weighted by molar-refractivity contribution is 7.99. The van der Waals surface area contributed by atoms with Crippen LogP contribution in [0.4, 0.5) is 0 Å². The SMILES string of the molecule is C=C(Cl)CSc1nnc(CCC(N)=O)n1C. The number of aromatic nitrogens is 3. The summed E-state index contributed by atoms with van der Waals surface area (Å²) >= 11 is 7.11. The zero-order valence-electron chi connectivity index (χ0n) is 8.94. The normalized spacial score (nSPS) is 10.4. The first-order valence-corrected chi connectivity index (χ1v) is 5.99. The molecule has 2 N–H and O–H groups in total. The van der Waals surface area contributed by atoms with Gasteiger partial charge in [-0.05, 0) is 0 Å². The van der Waals surface area contributed by atoms with Gasteiger partial charge in [0.15, 0.2) is 5.16 Å². The number of carbonyl (C=O) groups is 1. The molecule has 1 aromatic rings. The molecule has 0 radical (unpaired) electrons. The molecule has 0 aliphatic heterocycles. The van der Waals surface area contributed by atoms with Crippen LogP contribution in [0, 0.1) is 0 Å². The summed E-state index contributed by atoms with van der Waals surface area (Å²) in [4.78, 5) is 10.6. The Morgan fingerprint density at radius 1 is 1.62 bits per heavy atom. The molecule has 1 aromatic heterocycles. The quantitative estimate of drug-likeness (QED) is 0.777. The van der Waals surface area contributed by atoms with Crippen LogP contribution in [0.25, 0.3) is 0 Å². The van der Waals surface area contributed by atoms with Crippen molar-refractivity contribution in [2.24, 2.45) is 12.8 Å². The molecule has 0 spiro atoms. The van der Waals surface area contributed by atoms with Crippen molar-refractivity contribution in [3.05, 3.63) is 17.4 Å². The number of hydrogen-bond donors (Lipinski definition) is 1. The highest BCUT2D eigenvalue weighted by Gasteiger charge is 2.09. The number of nitrogens with zero attached hydrogens (tertiary/aromatic N) is 3. The average Bonchev–Trinajstić information content (AvgIpc) is 2.53.